The fraction of sp³-hybridized carbons (Fsp3) is 0.222. The monoisotopic (exact) mass is 329 g/mol. The Labute approximate surface area is 138 Å². The van der Waals surface area contributed by atoms with Gasteiger partial charge in [-0.1, -0.05) is 24.3 Å². The zero-order chi connectivity index (χ0) is 17.3. The van der Waals surface area contributed by atoms with Crippen molar-refractivity contribution in [3.8, 4) is 5.75 Å². The van der Waals surface area contributed by atoms with Gasteiger partial charge in [0.15, 0.2) is 11.6 Å². The Hall–Kier alpha value is -2.89. The van der Waals surface area contributed by atoms with Gasteiger partial charge in [0.05, 0.1) is 13.5 Å². The minimum atomic E-state index is -0.965. The molecule has 0 unspecified atom stereocenters. The van der Waals surface area contributed by atoms with Crippen molar-refractivity contribution in [1.82, 2.24) is 0 Å². The Balaban J connectivity index is 1.83. The fourth-order valence-corrected chi connectivity index (χ4v) is 2.94. The summed E-state index contributed by atoms with van der Waals surface area (Å²) >= 11 is 0. The van der Waals surface area contributed by atoms with Crippen molar-refractivity contribution in [2.45, 2.75) is 12.3 Å². The Kier molecular flexibility index (Phi) is 4.20. The molecule has 2 aromatic carbocycles. The Morgan fingerprint density at radius 1 is 1.29 bits per heavy atom. The number of hydrogen-bond donors (Lipinski definition) is 1. The molecule has 1 aliphatic heterocycles. The van der Waals surface area contributed by atoms with Crippen LogP contribution in [0.1, 0.15) is 17.0 Å². The number of methoxy groups -OCH3 is 1. The highest BCUT2D eigenvalue weighted by atomic mass is 19.1. The van der Waals surface area contributed by atoms with E-state index in [9.17, 15) is 19.1 Å². The molecule has 3 rings (SSSR count). The molecule has 1 aliphatic rings. The fourth-order valence-electron chi connectivity index (χ4n) is 2.94. The molecule has 0 bridgehead atoms. The van der Waals surface area contributed by atoms with Gasteiger partial charge in [0.2, 0.25) is 5.91 Å². The maximum Gasteiger partial charge on any atom is 0.312 e. The minimum absolute atomic E-state index is 0.0123. The molecular weight excluding hydrogens is 313 g/mol. The highest BCUT2D eigenvalue weighted by Crippen LogP contribution is 2.36. The molecule has 0 saturated carbocycles. The highest BCUT2D eigenvalue weighted by molar-refractivity contribution is 5.99. The first-order chi connectivity index (χ1) is 11.5. The number of halogens is 1. The lowest BCUT2D eigenvalue weighted by atomic mass is 10.0. The van der Waals surface area contributed by atoms with E-state index in [2.05, 4.69) is 0 Å². The van der Waals surface area contributed by atoms with Gasteiger partial charge >= 0.3 is 5.97 Å². The molecule has 6 heteroatoms. The predicted molar refractivity (Wildman–Crippen MR) is 85.8 cm³/mol. The minimum Gasteiger partial charge on any atom is -0.494 e. The summed E-state index contributed by atoms with van der Waals surface area (Å²) in [7, 11) is 1.37. The lowest BCUT2D eigenvalue weighted by Gasteiger charge is -2.17. The van der Waals surface area contributed by atoms with Gasteiger partial charge in [-0.15, -0.1) is 0 Å². The van der Waals surface area contributed by atoms with E-state index in [0.29, 0.717) is 16.8 Å². The number of carboxylic acids is 1. The van der Waals surface area contributed by atoms with E-state index in [1.54, 1.807) is 30.3 Å². The van der Waals surface area contributed by atoms with Crippen LogP contribution in [0.4, 0.5) is 10.1 Å². The van der Waals surface area contributed by atoms with Crippen LogP contribution >= 0.6 is 0 Å². The average molecular weight is 329 g/mol. The first-order valence-electron chi connectivity index (χ1n) is 7.45. The van der Waals surface area contributed by atoms with Crippen LogP contribution in [-0.4, -0.2) is 30.6 Å². The third-order valence-corrected chi connectivity index (χ3v) is 4.14. The van der Waals surface area contributed by atoms with Crippen molar-refractivity contribution < 1.29 is 23.8 Å². The van der Waals surface area contributed by atoms with Gasteiger partial charge in [-0.05, 0) is 29.3 Å². The molecular formula is C18H16FNO4. The first kappa shape index (κ1) is 16.0. The molecule has 0 fully saturated rings. The number of para-hydroxylation sites is 1. The summed E-state index contributed by atoms with van der Waals surface area (Å²) in [6.07, 6.45) is -0.0123. The van der Waals surface area contributed by atoms with Crippen molar-refractivity contribution in [3.63, 3.8) is 0 Å². The number of amides is 1. The third-order valence-electron chi connectivity index (χ3n) is 4.14. The third kappa shape index (κ3) is 2.82. The van der Waals surface area contributed by atoms with Crippen molar-refractivity contribution in [2.24, 2.45) is 0 Å². The summed E-state index contributed by atoms with van der Waals surface area (Å²) in [5.74, 6) is -2.39. The van der Waals surface area contributed by atoms with Crippen LogP contribution in [-0.2, 0) is 16.0 Å². The highest BCUT2D eigenvalue weighted by Gasteiger charge is 2.36. The average Bonchev–Trinajstić information content (AvgIpc) is 2.95. The smallest absolute Gasteiger partial charge is 0.312 e. The number of carboxylic acid groups (broad SMARTS) is 1. The second-order valence-corrected chi connectivity index (χ2v) is 5.60. The van der Waals surface area contributed by atoms with Crippen molar-refractivity contribution in [2.75, 3.05) is 18.6 Å². The Morgan fingerprint density at radius 3 is 2.71 bits per heavy atom. The largest absolute Gasteiger partial charge is 0.494 e. The number of aliphatic carboxylic acids is 1. The molecule has 0 aromatic heterocycles. The van der Waals surface area contributed by atoms with Crippen LogP contribution in [0.15, 0.2) is 42.5 Å². The number of fused-ring (bicyclic) bond motifs is 1. The first-order valence-corrected chi connectivity index (χ1v) is 7.45. The number of ether oxygens (including phenoxy) is 1. The number of carbonyl (C=O) groups is 2. The van der Waals surface area contributed by atoms with E-state index in [1.165, 1.54) is 24.1 Å². The molecule has 0 saturated heterocycles. The summed E-state index contributed by atoms with van der Waals surface area (Å²) in [4.78, 5) is 25.4. The predicted octanol–water partition coefficient (Wildman–Crippen LogP) is 2.59. The summed E-state index contributed by atoms with van der Waals surface area (Å²) in [5.41, 5.74) is 1.73. The van der Waals surface area contributed by atoms with Gasteiger partial charge in [0.25, 0.3) is 0 Å². The molecule has 1 heterocycles. The maximum atomic E-state index is 13.8. The zero-order valence-electron chi connectivity index (χ0n) is 13.0. The second kappa shape index (κ2) is 6.31. The number of anilines is 1. The van der Waals surface area contributed by atoms with E-state index in [4.69, 9.17) is 4.74 Å². The standard InChI is InChI=1S/C18H16FNO4/c1-24-16-7-6-11(8-14(16)19)9-17(21)20-10-13(18(22)23)12-4-2-3-5-15(12)20/h2-8,13H,9-10H2,1H3,(H,22,23)/t13-/m1/s1. The summed E-state index contributed by atoms with van der Waals surface area (Å²) in [6.45, 7) is 0.0894. The lowest BCUT2D eigenvalue weighted by Crippen LogP contribution is -2.32. The van der Waals surface area contributed by atoms with Gasteiger partial charge in [0, 0.05) is 12.2 Å². The van der Waals surface area contributed by atoms with E-state index < -0.39 is 17.7 Å². The Morgan fingerprint density at radius 2 is 2.04 bits per heavy atom. The molecule has 0 aliphatic carbocycles. The van der Waals surface area contributed by atoms with Gasteiger partial charge in [0.1, 0.15) is 5.92 Å². The topological polar surface area (TPSA) is 66.8 Å². The SMILES string of the molecule is COc1ccc(CC(=O)N2C[C@@H](C(=O)O)c3ccccc32)cc1F. The van der Waals surface area contributed by atoms with Gasteiger partial charge in [-0.25, -0.2) is 4.39 Å². The molecule has 5 nitrogen and oxygen atoms in total. The number of nitrogens with zero attached hydrogens (tertiary/aromatic N) is 1. The van der Waals surface area contributed by atoms with Crippen molar-refractivity contribution >= 4 is 17.6 Å². The second-order valence-electron chi connectivity index (χ2n) is 5.60. The normalized spacial score (nSPS) is 15.9. The van der Waals surface area contributed by atoms with Crippen LogP contribution in [0.5, 0.6) is 5.75 Å². The van der Waals surface area contributed by atoms with Gasteiger partial charge in [-0.2, -0.15) is 0 Å². The van der Waals surface area contributed by atoms with E-state index in [0.717, 1.165) is 0 Å². The molecule has 2 aromatic rings. The molecule has 124 valence electrons. The van der Waals surface area contributed by atoms with Crippen LogP contribution in [0, 0.1) is 5.82 Å². The van der Waals surface area contributed by atoms with Crippen molar-refractivity contribution in [3.05, 3.63) is 59.4 Å². The summed E-state index contributed by atoms with van der Waals surface area (Å²) < 4.78 is 18.6. The van der Waals surface area contributed by atoms with Crippen LogP contribution in [0.2, 0.25) is 0 Å². The summed E-state index contributed by atoms with van der Waals surface area (Å²) in [5, 5.41) is 9.34. The molecule has 1 atom stereocenters. The summed E-state index contributed by atoms with van der Waals surface area (Å²) in [6, 6.07) is 11.3. The Bertz CT molecular complexity index is 805. The number of rotatable bonds is 4. The molecule has 1 amide bonds. The molecule has 0 radical (unpaired) electrons. The van der Waals surface area contributed by atoms with Crippen molar-refractivity contribution in [1.29, 1.82) is 0 Å². The molecule has 1 N–H and O–H groups in total. The molecule has 24 heavy (non-hydrogen) atoms. The molecule has 0 spiro atoms. The number of benzene rings is 2. The van der Waals surface area contributed by atoms with Gasteiger partial charge < -0.3 is 14.7 Å². The van der Waals surface area contributed by atoms with Crippen LogP contribution in [0.25, 0.3) is 0 Å². The van der Waals surface area contributed by atoms with Gasteiger partial charge in [-0.3, -0.25) is 9.59 Å². The van der Waals surface area contributed by atoms with Crippen LogP contribution < -0.4 is 9.64 Å². The van der Waals surface area contributed by atoms with Crippen LogP contribution in [0.3, 0.4) is 0 Å². The van der Waals surface area contributed by atoms with E-state index in [1.807, 2.05) is 0 Å². The van der Waals surface area contributed by atoms with E-state index >= 15 is 0 Å². The van der Waals surface area contributed by atoms with E-state index in [-0.39, 0.29) is 24.6 Å². The zero-order valence-corrected chi connectivity index (χ0v) is 13.0. The number of hydrogen-bond acceptors (Lipinski definition) is 3. The number of carbonyl (C=O) groups excluding carboxylic acids is 1. The lowest BCUT2D eigenvalue weighted by molar-refractivity contribution is -0.138. The maximum absolute atomic E-state index is 13.8. The quantitative estimate of drug-likeness (QED) is 0.936.